The van der Waals surface area contributed by atoms with Gasteiger partial charge in [-0.15, -0.1) is 0 Å². The Morgan fingerprint density at radius 2 is 2.47 bits per heavy atom. The van der Waals surface area contributed by atoms with Gasteiger partial charge in [-0.3, -0.25) is 0 Å². The molecule has 0 radical (unpaired) electrons. The van der Waals surface area contributed by atoms with Gasteiger partial charge in [-0.1, -0.05) is 31.9 Å². The molecule has 3 heterocycles. The average molecular weight is 234 g/mol. The fourth-order valence-corrected chi connectivity index (χ4v) is 3.38. The number of hydrogen-bond donors (Lipinski definition) is 1. The highest BCUT2D eigenvalue weighted by Crippen LogP contribution is 2.36. The maximum Gasteiger partial charge on any atom is 0.136 e. The summed E-state index contributed by atoms with van der Waals surface area (Å²) in [4.78, 5) is 2.38. The van der Waals surface area contributed by atoms with Crippen LogP contribution in [0.4, 0.5) is 0 Å². The molecule has 3 aliphatic heterocycles. The first-order valence-corrected chi connectivity index (χ1v) is 6.89. The number of hydrogen-bond acceptors (Lipinski definition) is 3. The van der Waals surface area contributed by atoms with E-state index in [1.165, 1.54) is 25.1 Å². The van der Waals surface area contributed by atoms with Crippen LogP contribution < -0.4 is 5.32 Å². The van der Waals surface area contributed by atoms with Crippen LogP contribution in [0.15, 0.2) is 24.0 Å². The summed E-state index contributed by atoms with van der Waals surface area (Å²) in [5.74, 6) is 2.73. The van der Waals surface area contributed by atoms with Crippen molar-refractivity contribution >= 4 is 0 Å². The number of allylic oxidation sites excluding steroid dienone is 2. The summed E-state index contributed by atoms with van der Waals surface area (Å²) in [6.07, 6.45) is 10.7. The minimum Gasteiger partial charge on any atom is -0.371 e. The second kappa shape index (κ2) is 4.73. The van der Waals surface area contributed by atoms with E-state index < -0.39 is 0 Å². The van der Waals surface area contributed by atoms with E-state index in [1.807, 2.05) is 0 Å². The van der Waals surface area contributed by atoms with Crippen molar-refractivity contribution in [1.29, 1.82) is 0 Å². The van der Waals surface area contributed by atoms with Crippen LogP contribution in [-0.2, 0) is 4.74 Å². The van der Waals surface area contributed by atoms with Crippen LogP contribution in [0, 0.1) is 11.8 Å². The van der Waals surface area contributed by atoms with Crippen LogP contribution in [0.2, 0.25) is 0 Å². The number of nitrogens with zero attached hydrogens (tertiary/aromatic N) is 1. The molecule has 17 heavy (non-hydrogen) atoms. The SMILES string of the molecule is CCCC1CCOC2C1CNC1=CC=CCN12. The van der Waals surface area contributed by atoms with Gasteiger partial charge in [-0.25, -0.2) is 0 Å². The Bertz CT molecular complexity index is 335. The number of fused-ring (bicyclic) bond motifs is 3. The van der Waals surface area contributed by atoms with Gasteiger partial charge in [0, 0.05) is 25.6 Å². The van der Waals surface area contributed by atoms with Crippen LogP contribution in [-0.4, -0.2) is 30.8 Å². The Hall–Kier alpha value is -0.960. The third kappa shape index (κ3) is 1.97. The molecule has 0 aromatic carbocycles. The second-order valence-corrected chi connectivity index (χ2v) is 5.28. The van der Waals surface area contributed by atoms with Gasteiger partial charge in [-0.2, -0.15) is 0 Å². The Labute approximate surface area is 104 Å². The predicted octanol–water partition coefficient (Wildman–Crippen LogP) is 2.08. The molecule has 3 atom stereocenters. The largest absolute Gasteiger partial charge is 0.371 e. The van der Waals surface area contributed by atoms with Crippen molar-refractivity contribution in [1.82, 2.24) is 10.2 Å². The minimum absolute atomic E-state index is 0.303. The minimum atomic E-state index is 0.303. The van der Waals surface area contributed by atoms with E-state index in [4.69, 9.17) is 4.74 Å². The summed E-state index contributed by atoms with van der Waals surface area (Å²) in [7, 11) is 0. The maximum absolute atomic E-state index is 6.04. The standard InChI is InChI=1S/C14H22N2O/c1-2-5-11-7-9-17-14-12(11)10-15-13-6-3-4-8-16(13)14/h3-4,6,11-12,14-15H,2,5,7-10H2,1H3. The smallest absolute Gasteiger partial charge is 0.136 e. The molecular weight excluding hydrogens is 212 g/mol. The zero-order valence-corrected chi connectivity index (χ0v) is 10.6. The van der Waals surface area contributed by atoms with E-state index in [1.54, 1.807) is 0 Å². The summed E-state index contributed by atoms with van der Waals surface area (Å²) < 4.78 is 6.04. The van der Waals surface area contributed by atoms with Crippen LogP contribution in [0.3, 0.4) is 0 Å². The van der Waals surface area contributed by atoms with Crippen LogP contribution in [0.25, 0.3) is 0 Å². The van der Waals surface area contributed by atoms with Gasteiger partial charge < -0.3 is 15.0 Å². The van der Waals surface area contributed by atoms with Crippen LogP contribution in [0.1, 0.15) is 26.2 Å². The normalized spacial score (nSPS) is 35.7. The topological polar surface area (TPSA) is 24.5 Å². The molecule has 0 aromatic rings. The molecule has 0 amide bonds. The van der Waals surface area contributed by atoms with E-state index in [-0.39, 0.29) is 0 Å². The second-order valence-electron chi connectivity index (χ2n) is 5.28. The molecule has 3 rings (SSSR count). The zero-order chi connectivity index (χ0) is 11.7. The van der Waals surface area contributed by atoms with Crippen LogP contribution in [0.5, 0.6) is 0 Å². The van der Waals surface area contributed by atoms with Gasteiger partial charge in [-0.05, 0) is 18.4 Å². The molecule has 1 N–H and O–H groups in total. The Kier molecular flexibility index (Phi) is 3.10. The lowest BCUT2D eigenvalue weighted by Gasteiger charge is -2.49. The van der Waals surface area contributed by atoms with Gasteiger partial charge in [0.1, 0.15) is 12.0 Å². The lowest BCUT2D eigenvalue weighted by molar-refractivity contribution is -0.142. The molecular formula is C14H22N2O. The van der Waals surface area contributed by atoms with E-state index in [9.17, 15) is 0 Å². The van der Waals surface area contributed by atoms with Crippen molar-refractivity contribution in [3.05, 3.63) is 24.0 Å². The predicted molar refractivity (Wildman–Crippen MR) is 68.2 cm³/mol. The van der Waals surface area contributed by atoms with Gasteiger partial charge >= 0.3 is 0 Å². The van der Waals surface area contributed by atoms with E-state index in [0.29, 0.717) is 12.1 Å². The fraction of sp³-hybridized carbons (Fsp3) is 0.714. The third-order valence-corrected chi connectivity index (χ3v) is 4.24. The first-order valence-electron chi connectivity index (χ1n) is 6.89. The highest BCUT2D eigenvalue weighted by molar-refractivity contribution is 5.19. The quantitative estimate of drug-likeness (QED) is 0.791. The summed E-state index contributed by atoms with van der Waals surface area (Å²) >= 11 is 0. The van der Waals surface area contributed by atoms with Gasteiger partial charge in [0.05, 0.1) is 0 Å². The molecule has 0 bridgehead atoms. The number of rotatable bonds is 2. The number of nitrogens with one attached hydrogen (secondary N) is 1. The molecule has 3 unspecified atom stereocenters. The summed E-state index contributed by atoms with van der Waals surface area (Å²) in [5.41, 5.74) is 0. The first kappa shape index (κ1) is 11.1. The van der Waals surface area contributed by atoms with Crippen molar-refractivity contribution in [3.63, 3.8) is 0 Å². The summed E-state index contributed by atoms with van der Waals surface area (Å²) in [6.45, 7) is 5.28. The van der Waals surface area contributed by atoms with Crippen molar-refractivity contribution < 1.29 is 4.74 Å². The Balaban J connectivity index is 1.77. The van der Waals surface area contributed by atoms with E-state index in [2.05, 4.69) is 35.4 Å². The average Bonchev–Trinajstić information content (AvgIpc) is 2.39. The van der Waals surface area contributed by atoms with E-state index in [0.717, 1.165) is 25.6 Å². The lowest BCUT2D eigenvalue weighted by atomic mass is 9.81. The molecule has 2 saturated heterocycles. The zero-order valence-electron chi connectivity index (χ0n) is 10.6. The van der Waals surface area contributed by atoms with E-state index >= 15 is 0 Å². The van der Waals surface area contributed by atoms with Crippen LogP contribution >= 0.6 is 0 Å². The Morgan fingerprint density at radius 3 is 3.35 bits per heavy atom. The lowest BCUT2D eigenvalue weighted by Crippen LogP contribution is -2.58. The van der Waals surface area contributed by atoms with Gasteiger partial charge in [0.15, 0.2) is 0 Å². The monoisotopic (exact) mass is 234 g/mol. The molecule has 3 heteroatoms. The van der Waals surface area contributed by atoms with Crippen molar-refractivity contribution in [2.24, 2.45) is 11.8 Å². The molecule has 0 aliphatic carbocycles. The highest BCUT2D eigenvalue weighted by Gasteiger charge is 2.40. The third-order valence-electron chi connectivity index (χ3n) is 4.24. The Morgan fingerprint density at radius 1 is 1.53 bits per heavy atom. The summed E-state index contributed by atoms with van der Waals surface area (Å²) in [6, 6.07) is 0. The van der Waals surface area contributed by atoms with Gasteiger partial charge in [0.2, 0.25) is 0 Å². The van der Waals surface area contributed by atoms with Gasteiger partial charge in [0.25, 0.3) is 0 Å². The van der Waals surface area contributed by atoms with Crippen molar-refractivity contribution in [2.45, 2.75) is 32.4 Å². The molecule has 2 fully saturated rings. The molecule has 0 aromatic heterocycles. The summed E-state index contributed by atoms with van der Waals surface area (Å²) in [5, 5.41) is 3.56. The maximum atomic E-state index is 6.04. The van der Waals surface area contributed by atoms with Crippen molar-refractivity contribution in [2.75, 3.05) is 19.7 Å². The molecule has 94 valence electrons. The molecule has 3 aliphatic rings. The molecule has 0 saturated carbocycles. The highest BCUT2D eigenvalue weighted by atomic mass is 16.5. The molecule has 0 spiro atoms. The van der Waals surface area contributed by atoms with Crippen molar-refractivity contribution in [3.8, 4) is 0 Å². The number of ether oxygens (including phenoxy) is 1. The first-order chi connectivity index (χ1) is 8.40. The fourth-order valence-electron chi connectivity index (χ4n) is 3.38. The molecule has 3 nitrogen and oxygen atoms in total.